The third-order valence-electron chi connectivity index (χ3n) is 2.24. The maximum Gasteiger partial charge on any atom is 0.125 e. The Hall–Kier alpha value is -0.360. The van der Waals surface area contributed by atoms with Gasteiger partial charge in [-0.3, -0.25) is 0 Å². The smallest absolute Gasteiger partial charge is 0.125 e. The molecule has 17 heavy (non-hydrogen) atoms. The van der Waals surface area contributed by atoms with Gasteiger partial charge in [0.2, 0.25) is 0 Å². The highest BCUT2D eigenvalue weighted by Crippen LogP contribution is 2.27. The van der Waals surface area contributed by atoms with Gasteiger partial charge in [-0.2, -0.15) is 0 Å². The van der Waals surface area contributed by atoms with Gasteiger partial charge in [-0.25, -0.2) is 0 Å². The summed E-state index contributed by atoms with van der Waals surface area (Å²) in [6, 6.07) is 7.62. The van der Waals surface area contributed by atoms with Crippen LogP contribution < -0.4 is 4.74 Å². The van der Waals surface area contributed by atoms with Crippen LogP contribution in [-0.2, 0) is 13.2 Å². The summed E-state index contributed by atoms with van der Waals surface area (Å²) >= 11 is 8.47. The highest BCUT2D eigenvalue weighted by atomic mass is 79.9. The third-order valence-corrected chi connectivity index (χ3v) is 4.64. The number of hydrogen-bond acceptors (Lipinski definition) is 3. The molecular weight excluding hydrogens is 368 g/mol. The normalized spacial score (nSPS) is 10.5. The Kier molecular flexibility index (Phi) is 4.62. The van der Waals surface area contributed by atoms with Gasteiger partial charge in [0.25, 0.3) is 0 Å². The number of hydrogen-bond donors (Lipinski definition) is 1. The molecule has 0 saturated heterocycles. The van der Waals surface area contributed by atoms with E-state index in [0.29, 0.717) is 6.61 Å². The zero-order valence-corrected chi connectivity index (χ0v) is 12.8. The van der Waals surface area contributed by atoms with E-state index in [9.17, 15) is 5.11 Å². The van der Waals surface area contributed by atoms with Crippen molar-refractivity contribution in [3.8, 4) is 5.75 Å². The molecule has 1 heterocycles. The number of benzene rings is 1. The highest BCUT2D eigenvalue weighted by Gasteiger charge is 2.06. The molecule has 1 aromatic heterocycles. The van der Waals surface area contributed by atoms with Gasteiger partial charge < -0.3 is 9.84 Å². The second kappa shape index (κ2) is 6.00. The van der Waals surface area contributed by atoms with Crippen molar-refractivity contribution in [2.24, 2.45) is 0 Å². The minimum atomic E-state index is -0.0274. The van der Waals surface area contributed by atoms with E-state index in [-0.39, 0.29) is 6.61 Å². The number of halogens is 2. The summed E-state index contributed by atoms with van der Waals surface area (Å²) in [6.45, 7) is 0.479. The molecule has 1 N–H and O–H groups in total. The van der Waals surface area contributed by atoms with E-state index < -0.39 is 0 Å². The van der Waals surface area contributed by atoms with Crippen molar-refractivity contribution >= 4 is 43.2 Å². The minimum Gasteiger partial charge on any atom is -0.488 e. The van der Waals surface area contributed by atoms with Gasteiger partial charge in [-0.15, -0.1) is 11.3 Å². The summed E-state index contributed by atoms with van der Waals surface area (Å²) in [6.07, 6.45) is 0. The van der Waals surface area contributed by atoms with Crippen molar-refractivity contribution in [1.82, 2.24) is 0 Å². The van der Waals surface area contributed by atoms with E-state index in [1.165, 1.54) is 0 Å². The zero-order valence-electron chi connectivity index (χ0n) is 8.82. The molecule has 0 aliphatic rings. The van der Waals surface area contributed by atoms with Crippen molar-refractivity contribution < 1.29 is 9.84 Å². The minimum absolute atomic E-state index is 0.0274. The molecule has 0 spiro atoms. The quantitative estimate of drug-likeness (QED) is 0.858. The van der Waals surface area contributed by atoms with E-state index in [2.05, 4.69) is 31.9 Å². The van der Waals surface area contributed by atoms with Crippen LogP contribution in [0.5, 0.6) is 5.75 Å². The Morgan fingerprint density at radius 2 is 2.06 bits per heavy atom. The maximum absolute atomic E-state index is 9.25. The summed E-state index contributed by atoms with van der Waals surface area (Å²) in [5.74, 6) is 0.719. The maximum atomic E-state index is 9.25. The first kappa shape index (κ1) is 13.1. The average Bonchev–Trinajstić information content (AvgIpc) is 2.73. The van der Waals surface area contributed by atoms with Crippen LogP contribution in [-0.4, -0.2) is 5.11 Å². The summed E-state index contributed by atoms with van der Waals surface area (Å²) in [5.41, 5.74) is 0.784. The molecule has 0 aliphatic heterocycles. The molecular formula is C12H10Br2O2S. The standard InChI is InChI=1S/C12H10Br2O2S/c13-9-1-2-11(8(5-9)6-15)16-7-12-10(14)3-4-17-12/h1-5,15H,6-7H2. The average molecular weight is 378 g/mol. The number of aliphatic hydroxyl groups excluding tert-OH is 1. The number of aliphatic hydroxyl groups is 1. The van der Waals surface area contributed by atoms with Crippen LogP contribution in [0.1, 0.15) is 10.4 Å². The Balaban J connectivity index is 2.11. The molecule has 2 rings (SSSR count). The third kappa shape index (κ3) is 3.31. The lowest BCUT2D eigenvalue weighted by atomic mass is 10.2. The molecule has 2 aromatic rings. The van der Waals surface area contributed by atoms with Crippen molar-refractivity contribution in [1.29, 1.82) is 0 Å². The molecule has 0 atom stereocenters. The van der Waals surface area contributed by atoms with E-state index in [0.717, 1.165) is 25.1 Å². The second-order valence-corrected chi connectivity index (χ2v) is 6.16. The summed E-state index contributed by atoms with van der Waals surface area (Å²) < 4.78 is 7.70. The fourth-order valence-electron chi connectivity index (χ4n) is 1.38. The van der Waals surface area contributed by atoms with E-state index in [1.54, 1.807) is 11.3 Å². The fraction of sp³-hybridized carbons (Fsp3) is 0.167. The van der Waals surface area contributed by atoms with Gasteiger partial charge in [0.05, 0.1) is 11.5 Å². The summed E-state index contributed by atoms with van der Waals surface area (Å²) in [5, 5.41) is 11.3. The van der Waals surface area contributed by atoms with Gasteiger partial charge in [-0.1, -0.05) is 15.9 Å². The van der Waals surface area contributed by atoms with Crippen molar-refractivity contribution in [3.63, 3.8) is 0 Å². The molecule has 90 valence electrons. The number of thiophene rings is 1. The van der Waals surface area contributed by atoms with E-state index in [1.807, 2.05) is 29.6 Å². The van der Waals surface area contributed by atoms with Crippen LogP contribution in [0, 0.1) is 0 Å². The molecule has 1 aromatic carbocycles. The molecule has 0 aliphatic carbocycles. The Morgan fingerprint density at radius 3 is 2.71 bits per heavy atom. The first-order valence-electron chi connectivity index (χ1n) is 4.94. The Morgan fingerprint density at radius 1 is 1.24 bits per heavy atom. The van der Waals surface area contributed by atoms with Crippen LogP contribution in [0.4, 0.5) is 0 Å². The lowest BCUT2D eigenvalue weighted by Crippen LogP contribution is -1.97. The topological polar surface area (TPSA) is 29.5 Å². The number of rotatable bonds is 4. The highest BCUT2D eigenvalue weighted by molar-refractivity contribution is 9.10. The fourth-order valence-corrected chi connectivity index (χ4v) is 3.17. The van der Waals surface area contributed by atoms with E-state index >= 15 is 0 Å². The van der Waals surface area contributed by atoms with Crippen LogP contribution >= 0.6 is 43.2 Å². The van der Waals surface area contributed by atoms with Crippen molar-refractivity contribution in [2.45, 2.75) is 13.2 Å². The molecule has 2 nitrogen and oxygen atoms in total. The van der Waals surface area contributed by atoms with E-state index in [4.69, 9.17) is 4.74 Å². The Labute approximate surface area is 121 Å². The monoisotopic (exact) mass is 376 g/mol. The van der Waals surface area contributed by atoms with Gasteiger partial charge in [0, 0.05) is 14.5 Å². The second-order valence-electron chi connectivity index (χ2n) is 3.39. The van der Waals surface area contributed by atoms with Gasteiger partial charge in [0.15, 0.2) is 0 Å². The zero-order chi connectivity index (χ0) is 12.3. The van der Waals surface area contributed by atoms with Gasteiger partial charge in [0.1, 0.15) is 12.4 Å². The van der Waals surface area contributed by atoms with Crippen LogP contribution in [0.3, 0.4) is 0 Å². The van der Waals surface area contributed by atoms with Gasteiger partial charge >= 0.3 is 0 Å². The first-order valence-corrected chi connectivity index (χ1v) is 7.41. The first-order chi connectivity index (χ1) is 8.20. The predicted molar refractivity (Wildman–Crippen MR) is 76.4 cm³/mol. The molecule has 0 amide bonds. The SMILES string of the molecule is OCc1cc(Br)ccc1OCc1sccc1Br. The van der Waals surface area contributed by atoms with Crippen LogP contribution in [0.2, 0.25) is 0 Å². The van der Waals surface area contributed by atoms with Crippen molar-refractivity contribution in [3.05, 3.63) is 49.0 Å². The predicted octanol–water partition coefficient (Wildman–Crippen LogP) is 4.34. The van der Waals surface area contributed by atoms with Gasteiger partial charge in [-0.05, 0) is 45.6 Å². The molecule has 0 fully saturated rings. The summed E-state index contributed by atoms with van der Waals surface area (Å²) in [7, 11) is 0. The summed E-state index contributed by atoms with van der Waals surface area (Å²) in [4.78, 5) is 1.14. The molecule has 0 saturated carbocycles. The van der Waals surface area contributed by atoms with Crippen molar-refractivity contribution in [2.75, 3.05) is 0 Å². The molecule has 0 bridgehead atoms. The molecule has 0 unspecified atom stereocenters. The van der Waals surface area contributed by atoms with Crippen LogP contribution in [0.15, 0.2) is 38.6 Å². The number of ether oxygens (including phenoxy) is 1. The largest absolute Gasteiger partial charge is 0.488 e. The van der Waals surface area contributed by atoms with Crippen LogP contribution in [0.25, 0.3) is 0 Å². The lowest BCUT2D eigenvalue weighted by Gasteiger charge is -2.09. The Bertz CT molecular complexity index is 511. The molecule has 5 heteroatoms. The lowest BCUT2D eigenvalue weighted by molar-refractivity contribution is 0.260. The molecule has 0 radical (unpaired) electrons.